The van der Waals surface area contributed by atoms with Crippen molar-refractivity contribution in [2.75, 3.05) is 6.61 Å². The van der Waals surface area contributed by atoms with Crippen LogP contribution in [0.4, 0.5) is 8.78 Å². The minimum absolute atomic E-state index is 0.169. The lowest BCUT2D eigenvalue weighted by molar-refractivity contribution is -0.0936. The summed E-state index contributed by atoms with van der Waals surface area (Å²) in [7, 11) is -0.706. The van der Waals surface area contributed by atoms with Crippen LogP contribution in [0.1, 0.15) is 27.7 Å². The van der Waals surface area contributed by atoms with Crippen LogP contribution in [0.5, 0.6) is 0 Å². The third-order valence-corrected chi connectivity index (χ3v) is 4.85. The summed E-state index contributed by atoms with van der Waals surface area (Å²) in [5, 5.41) is 0.856. The zero-order valence-electron chi connectivity index (χ0n) is 13.2. The molecule has 5 heteroatoms. The molecule has 0 unspecified atom stereocenters. The van der Waals surface area contributed by atoms with Gasteiger partial charge >= 0.3 is 7.12 Å². The summed E-state index contributed by atoms with van der Waals surface area (Å²) in [6.45, 7) is 8.59. The molecule has 3 rings (SSSR count). The van der Waals surface area contributed by atoms with Gasteiger partial charge in [-0.2, -0.15) is 0 Å². The molecule has 1 heterocycles. The second kappa shape index (κ2) is 5.03. The zero-order valence-corrected chi connectivity index (χ0v) is 13.2. The van der Waals surface area contributed by atoms with Crippen LogP contribution in [0.25, 0.3) is 10.8 Å². The van der Waals surface area contributed by atoms with E-state index in [4.69, 9.17) is 9.31 Å². The van der Waals surface area contributed by atoms with E-state index < -0.39 is 24.4 Å². The molecule has 2 nitrogen and oxygen atoms in total. The molecule has 0 radical (unpaired) electrons. The Balaban J connectivity index is 2.10. The van der Waals surface area contributed by atoms with Crippen molar-refractivity contribution in [1.29, 1.82) is 0 Å². The molecular weight excluding hydrogens is 285 g/mol. The van der Waals surface area contributed by atoms with Gasteiger partial charge in [0.2, 0.25) is 0 Å². The van der Waals surface area contributed by atoms with Crippen molar-refractivity contribution in [3.8, 4) is 0 Å². The van der Waals surface area contributed by atoms with Crippen LogP contribution >= 0.6 is 0 Å². The van der Waals surface area contributed by atoms with Crippen molar-refractivity contribution < 1.29 is 18.1 Å². The van der Waals surface area contributed by atoms with Crippen LogP contribution in [0.3, 0.4) is 0 Å². The van der Waals surface area contributed by atoms with E-state index in [-0.39, 0.29) is 10.8 Å². The first-order chi connectivity index (χ1) is 10.2. The summed E-state index contributed by atoms with van der Waals surface area (Å²) in [5.41, 5.74) is -0.0854. The summed E-state index contributed by atoms with van der Waals surface area (Å²) in [6, 6.07) is 7.98. The maximum absolute atomic E-state index is 14.3. The average molecular weight is 304 g/mol. The summed E-state index contributed by atoms with van der Waals surface area (Å²) in [5.74, 6) is -1.72. The first-order valence-corrected chi connectivity index (χ1v) is 7.39. The van der Waals surface area contributed by atoms with E-state index in [1.807, 2.05) is 13.8 Å². The second-order valence-corrected chi connectivity index (χ2v) is 6.96. The molecule has 1 saturated heterocycles. The van der Waals surface area contributed by atoms with E-state index >= 15 is 0 Å². The fourth-order valence-corrected chi connectivity index (χ4v) is 2.61. The lowest BCUT2D eigenvalue weighted by Gasteiger charge is -2.47. The third kappa shape index (κ3) is 2.33. The number of benzene rings is 2. The number of hydrogen-bond donors (Lipinski definition) is 0. The number of fused-ring (bicyclic) bond motifs is 1. The minimum atomic E-state index is -0.865. The molecule has 116 valence electrons. The van der Waals surface area contributed by atoms with Gasteiger partial charge in [-0.25, -0.2) is 8.78 Å². The van der Waals surface area contributed by atoms with Gasteiger partial charge in [-0.15, -0.1) is 0 Å². The average Bonchev–Trinajstić information content (AvgIpc) is 2.45. The summed E-state index contributed by atoms with van der Waals surface area (Å²) < 4.78 is 39.8. The fourth-order valence-electron chi connectivity index (χ4n) is 2.61. The Morgan fingerprint density at radius 3 is 2.45 bits per heavy atom. The molecule has 1 aliphatic rings. The van der Waals surface area contributed by atoms with Crippen LogP contribution in [-0.4, -0.2) is 19.3 Å². The van der Waals surface area contributed by atoms with Gasteiger partial charge in [0.25, 0.3) is 0 Å². The predicted octanol–water partition coefficient (Wildman–Crippen LogP) is 3.66. The largest absolute Gasteiger partial charge is 0.495 e. The van der Waals surface area contributed by atoms with E-state index in [9.17, 15) is 8.78 Å². The Kier molecular flexibility index (Phi) is 3.53. The van der Waals surface area contributed by atoms with Gasteiger partial charge in [-0.3, -0.25) is 0 Å². The normalized spacial score (nSPS) is 20.4. The van der Waals surface area contributed by atoms with Gasteiger partial charge < -0.3 is 9.31 Å². The SMILES string of the molecule is CC1(C)COB(c2cccc3ccc(F)c(F)c23)OC1(C)C. The van der Waals surface area contributed by atoms with Crippen LogP contribution < -0.4 is 5.46 Å². The number of halogens is 2. The summed E-state index contributed by atoms with van der Waals surface area (Å²) in [6.07, 6.45) is 0. The highest BCUT2D eigenvalue weighted by Gasteiger charge is 2.47. The van der Waals surface area contributed by atoms with Gasteiger partial charge in [0.05, 0.1) is 5.60 Å². The van der Waals surface area contributed by atoms with E-state index in [2.05, 4.69) is 13.8 Å². The molecule has 1 aliphatic heterocycles. The van der Waals surface area contributed by atoms with Crippen molar-refractivity contribution in [1.82, 2.24) is 0 Å². The van der Waals surface area contributed by atoms with Gasteiger partial charge in [-0.1, -0.05) is 38.1 Å². The minimum Gasteiger partial charge on any atom is -0.407 e. The van der Waals surface area contributed by atoms with Crippen molar-refractivity contribution >= 4 is 23.4 Å². The van der Waals surface area contributed by atoms with Crippen molar-refractivity contribution in [2.45, 2.75) is 33.3 Å². The molecule has 0 saturated carbocycles. The van der Waals surface area contributed by atoms with E-state index in [1.165, 1.54) is 0 Å². The second-order valence-electron chi connectivity index (χ2n) is 6.96. The third-order valence-electron chi connectivity index (χ3n) is 4.85. The van der Waals surface area contributed by atoms with E-state index in [0.29, 0.717) is 17.5 Å². The summed E-state index contributed by atoms with van der Waals surface area (Å²) >= 11 is 0. The van der Waals surface area contributed by atoms with Gasteiger partial charge in [0, 0.05) is 17.4 Å². The Bertz CT molecular complexity index is 728. The summed E-state index contributed by atoms with van der Waals surface area (Å²) in [4.78, 5) is 0. The monoisotopic (exact) mass is 304 g/mol. The first-order valence-electron chi connectivity index (χ1n) is 7.39. The standard InChI is InChI=1S/C17H19BF2O2/c1-16(2)10-21-18(22-17(16,3)4)12-7-5-6-11-8-9-13(19)15(20)14(11)12/h5-9H,10H2,1-4H3. The van der Waals surface area contributed by atoms with Crippen LogP contribution in [0.15, 0.2) is 30.3 Å². The van der Waals surface area contributed by atoms with Crippen molar-refractivity contribution in [3.63, 3.8) is 0 Å². The highest BCUT2D eigenvalue weighted by molar-refractivity contribution is 6.64. The number of rotatable bonds is 1. The predicted molar refractivity (Wildman–Crippen MR) is 84.1 cm³/mol. The Hall–Kier alpha value is -1.46. The number of hydrogen-bond acceptors (Lipinski definition) is 2. The van der Waals surface area contributed by atoms with Gasteiger partial charge in [0.15, 0.2) is 11.6 Å². The Morgan fingerprint density at radius 2 is 1.77 bits per heavy atom. The molecule has 0 aromatic heterocycles. The maximum atomic E-state index is 14.3. The first kappa shape index (κ1) is 15.4. The van der Waals surface area contributed by atoms with Gasteiger partial charge in [-0.05, 0) is 30.8 Å². The molecule has 2 aromatic rings. The smallest absolute Gasteiger partial charge is 0.407 e. The van der Waals surface area contributed by atoms with Crippen molar-refractivity contribution in [3.05, 3.63) is 42.0 Å². The highest BCUT2D eigenvalue weighted by atomic mass is 19.2. The van der Waals surface area contributed by atoms with Gasteiger partial charge in [0.1, 0.15) is 0 Å². The van der Waals surface area contributed by atoms with Crippen molar-refractivity contribution in [2.24, 2.45) is 5.41 Å². The lowest BCUT2D eigenvalue weighted by atomic mass is 9.68. The quantitative estimate of drug-likeness (QED) is 0.749. The van der Waals surface area contributed by atoms with Crippen LogP contribution in [-0.2, 0) is 9.31 Å². The Labute approximate surface area is 129 Å². The van der Waals surface area contributed by atoms with E-state index in [0.717, 1.165) is 6.07 Å². The molecule has 0 aliphatic carbocycles. The van der Waals surface area contributed by atoms with Crippen LogP contribution in [0.2, 0.25) is 0 Å². The molecule has 0 N–H and O–H groups in total. The highest BCUT2D eigenvalue weighted by Crippen LogP contribution is 2.38. The molecular formula is C17H19BF2O2. The maximum Gasteiger partial charge on any atom is 0.495 e. The molecule has 0 bridgehead atoms. The Morgan fingerprint density at radius 1 is 1.05 bits per heavy atom. The van der Waals surface area contributed by atoms with E-state index in [1.54, 1.807) is 24.3 Å². The molecule has 0 atom stereocenters. The topological polar surface area (TPSA) is 18.5 Å². The molecule has 0 amide bonds. The fraction of sp³-hybridized carbons (Fsp3) is 0.412. The molecule has 2 aromatic carbocycles. The zero-order chi connectivity index (χ0) is 16.1. The lowest BCUT2D eigenvalue weighted by Crippen LogP contribution is -2.58. The van der Waals surface area contributed by atoms with Crippen LogP contribution in [0, 0.1) is 17.0 Å². The molecule has 1 fully saturated rings. The molecule has 0 spiro atoms. The molecule has 22 heavy (non-hydrogen) atoms.